The Labute approximate surface area is 93.4 Å². The van der Waals surface area contributed by atoms with Crippen molar-refractivity contribution in [1.29, 1.82) is 0 Å². The van der Waals surface area contributed by atoms with E-state index in [1.54, 1.807) is 13.0 Å². The van der Waals surface area contributed by atoms with E-state index >= 15 is 0 Å². The van der Waals surface area contributed by atoms with Crippen LogP contribution < -0.4 is 5.73 Å². The maximum Gasteiger partial charge on any atom is 0.341 e. The van der Waals surface area contributed by atoms with Gasteiger partial charge in [0.1, 0.15) is 5.82 Å². The van der Waals surface area contributed by atoms with Gasteiger partial charge >= 0.3 is 5.97 Å². The normalized spacial score (nSPS) is 18.3. The van der Waals surface area contributed by atoms with Crippen molar-refractivity contribution in [3.05, 3.63) is 34.6 Å². The molecule has 0 aliphatic heterocycles. The second-order valence-electron chi connectivity index (χ2n) is 3.90. The number of benzene rings is 1. The third-order valence-electron chi connectivity index (χ3n) is 2.85. The molecule has 1 atom stereocenters. The fourth-order valence-corrected chi connectivity index (χ4v) is 2.03. The number of fused-ring (bicyclic) bond motifs is 1. The Morgan fingerprint density at radius 2 is 2.38 bits per heavy atom. The SMILES string of the molecule is CCOC(=O)c1cc2c(cc1F)[C@H](N)CC2. The Hall–Kier alpha value is -1.42. The number of esters is 1. The molecule has 16 heavy (non-hydrogen) atoms. The summed E-state index contributed by atoms with van der Waals surface area (Å²) in [7, 11) is 0. The van der Waals surface area contributed by atoms with Crippen LogP contribution >= 0.6 is 0 Å². The third kappa shape index (κ3) is 1.80. The first-order chi connectivity index (χ1) is 7.63. The predicted molar refractivity (Wildman–Crippen MR) is 57.6 cm³/mol. The Morgan fingerprint density at radius 1 is 1.62 bits per heavy atom. The van der Waals surface area contributed by atoms with Crippen molar-refractivity contribution in [1.82, 2.24) is 0 Å². The highest BCUT2D eigenvalue weighted by molar-refractivity contribution is 5.90. The summed E-state index contributed by atoms with van der Waals surface area (Å²) >= 11 is 0. The summed E-state index contributed by atoms with van der Waals surface area (Å²) in [5.74, 6) is -1.15. The van der Waals surface area contributed by atoms with Crippen LogP contribution in [0, 0.1) is 5.82 Å². The molecule has 1 aliphatic carbocycles. The number of ether oxygens (including phenoxy) is 1. The number of hydrogen-bond acceptors (Lipinski definition) is 3. The van der Waals surface area contributed by atoms with Crippen LogP contribution in [0.1, 0.15) is 40.9 Å². The molecule has 2 N–H and O–H groups in total. The number of nitrogens with two attached hydrogens (primary N) is 1. The van der Waals surface area contributed by atoms with Gasteiger partial charge in [0.05, 0.1) is 12.2 Å². The fraction of sp³-hybridized carbons (Fsp3) is 0.417. The highest BCUT2D eigenvalue weighted by Gasteiger charge is 2.23. The second-order valence-corrected chi connectivity index (χ2v) is 3.90. The average molecular weight is 223 g/mol. The van der Waals surface area contributed by atoms with Gasteiger partial charge in [-0.15, -0.1) is 0 Å². The van der Waals surface area contributed by atoms with Crippen LogP contribution in [0.15, 0.2) is 12.1 Å². The molecule has 0 radical (unpaired) electrons. The van der Waals surface area contributed by atoms with Crippen molar-refractivity contribution in [2.75, 3.05) is 6.61 Å². The van der Waals surface area contributed by atoms with E-state index in [2.05, 4.69) is 0 Å². The average Bonchev–Trinajstić information content (AvgIpc) is 2.59. The molecule has 0 saturated carbocycles. The molecule has 0 saturated heterocycles. The molecule has 0 unspecified atom stereocenters. The lowest BCUT2D eigenvalue weighted by atomic mass is 10.0. The molecule has 0 bridgehead atoms. The monoisotopic (exact) mass is 223 g/mol. The zero-order valence-electron chi connectivity index (χ0n) is 9.13. The van der Waals surface area contributed by atoms with Crippen molar-refractivity contribution >= 4 is 5.97 Å². The minimum atomic E-state index is -0.608. The van der Waals surface area contributed by atoms with Crippen LogP contribution in [0.4, 0.5) is 4.39 Å². The lowest BCUT2D eigenvalue weighted by molar-refractivity contribution is 0.0521. The van der Waals surface area contributed by atoms with Gasteiger partial charge in [-0.3, -0.25) is 0 Å². The molecule has 0 amide bonds. The van der Waals surface area contributed by atoms with Crippen LogP contribution in [0.25, 0.3) is 0 Å². The maximum absolute atomic E-state index is 13.6. The van der Waals surface area contributed by atoms with Gasteiger partial charge in [0.2, 0.25) is 0 Å². The number of halogens is 1. The van der Waals surface area contributed by atoms with Gasteiger partial charge in [0, 0.05) is 6.04 Å². The number of hydrogen-bond donors (Lipinski definition) is 1. The maximum atomic E-state index is 13.6. The van der Waals surface area contributed by atoms with Gasteiger partial charge in [0.15, 0.2) is 0 Å². The van der Waals surface area contributed by atoms with Crippen molar-refractivity contribution in [3.63, 3.8) is 0 Å². The molecular weight excluding hydrogens is 209 g/mol. The number of carbonyl (C=O) groups is 1. The topological polar surface area (TPSA) is 52.3 Å². The molecule has 1 aromatic carbocycles. The highest BCUT2D eigenvalue weighted by Crippen LogP contribution is 2.31. The van der Waals surface area contributed by atoms with E-state index in [-0.39, 0.29) is 18.2 Å². The number of carbonyl (C=O) groups excluding carboxylic acids is 1. The number of aryl methyl sites for hydroxylation is 1. The summed E-state index contributed by atoms with van der Waals surface area (Å²) in [6, 6.07) is 2.81. The van der Waals surface area contributed by atoms with E-state index in [0.717, 1.165) is 24.0 Å². The smallest absolute Gasteiger partial charge is 0.341 e. The van der Waals surface area contributed by atoms with Gasteiger partial charge in [0.25, 0.3) is 0 Å². The van der Waals surface area contributed by atoms with Crippen molar-refractivity contribution in [3.8, 4) is 0 Å². The first-order valence-electron chi connectivity index (χ1n) is 5.38. The zero-order valence-corrected chi connectivity index (χ0v) is 9.13. The van der Waals surface area contributed by atoms with Gasteiger partial charge in [-0.25, -0.2) is 9.18 Å². The van der Waals surface area contributed by atoms with E-state index in [4.69, 9.17) is 10.5 Å². The van der Waals surface area contributed by atoms with Crippen LogP contribution in [-0.2, 0) is 11.2 Å². The molecule has 4 heteroatoms. The Bertz CT molecular complexity index is 431. The first-order valence-corrected chi connectivity index (χ1v) is 5.38. The highest BCUT2D eigenvalue weighted by atomic mass is 19.1. The van der Waals surface area contributed by atoms with E-state index in [0.29, 0.717) is 0 Å². The molecule has 0 spiro atoms. The minimum absolute atomic E-state index is 0.00898. The molecule has 0 aromatic heterocycles. The molecule has 1 aromatic rings. The standard InChI is InChI=1S/C12H14FNO2/c1-2-16-12(15)9-5-7-3-4-11(14)8(7)6-10(9)13/h5-6,11H,2-4,14H2,1H3/t11-/m1/s1. The lowest BCUT2D eigenvalue weighted by Crippen LogP contribution is -2.10. The lowest BCUT2D eigenvalue weighted by Gasteiger charge is -2.08. The van der Waals surface area contributed by atoms with Crippen LogP contribution in [0.3, 0.4) is 0 Å². The predicted octanol–water partition coefficient (Wildman–Crippen LogP) is 1.95. The fourth-order valence-electron chi connectivity index (χ4n) is 2.03. The van der Waals surface area contributed by atoms with E-state index in [9.17, 15) is 9.18 Å². The first kappa shape index (κ1) is 11.1. The van der Waals surface area contributed by atoms with Crippen LogP contribution in [-0.4, -0.2) is 12.6 Å². The Balaban J connectivity index is 2.39. The molecule has 0 heterocycles. The summed E-state index contributed by atoms with van der Waals surface area (Å²) in [6.45, 7) is 1.94. The van der Waals surface area contributed by atoms with Crippen LogP contribution in [0.2, 0.25) is 0 Å². The molecule has 2 rings (SSSR count). The quantitative estimate of drug-likeness (QED) is 0.779. The summed E-state index contributed by atoms with van der Waals surface area (Å²) in [5.41, 5.74) is 7.59. The third-order valence-corrected chi connectivity index (χ3v) is 2.85. The van der Waals surface area contributed by atoms with E-state index < -0.39 is 11.8 Å². The van der Waals surface area contributed by atoms with Gasteiger partial charge in [-0.05, 0) is 43.0 Å². The van der Waals surface area contributed by atoms with Gasteiger partial charge in [-0.2, -0.15) is 0 Å². The summed E-state index contributed by atoms with van der Waals surface area (Å²) in [6.07, 6.45) is 1.60. The Kier molecular flexibility index (Phi) is 2.92. The number of rotatable bonds is 2. The summed E-state index contributed by atoms with van der Waals surface area (Å²) < 4.78 is 18.4. The molecule has 3 nitrogen and oxygen atoms in total. The molecule has 0 fully saturated rings. The summed E-state index contributed by atoms with van der Waals surface area (Å²) in [5, 5.41) is 0. The Morgan fingerprint density at radius 3 is 3.06 bits per heavy atom. The van der Waals surface area contributed by atoms with Crippen molar-refractivity contribution < 1.29 is 13.9 Å². The minimum Gasteiger partial charge on any atom is -0.462 e. The van der Waals surface area contributed by atoms with Crippen molar-refractivity contribution in [2.24, 2.45) is 5.73 Å². The van der Waals surface area contributed by atoms with Gasteiger partial charge < -0.3 is 10.5 Å². The molecule has 1 aliphatic rings. The van der Waals surface area contributed by atoms with Gasteiger partial charge in [-0.1, -0.05) is 0 Å². The van der Waals surface area contributed by atoms with Crippen molar-refractivity contribution in [2.45, 2.75) is 25.8 Å². The zero-order chi connectivity index (χ0) is 11.7. The summed E-state index contributed by atoms with van der Waals surface area (Å²) in [4.78, 5) is 11.5. The largest absolute Gasteiger partial charge is 0.462 e. The molecular formula is C12H14FNO2. The molecule has 86 valence electrons. The van der Waals surface area contributed by atoms with Crippen LogP contribution in [0.5, 0.6) is 0 Å². The second kappa shape index (κ2) is 4.22. The van der Waals surface area contributed by atoms with E-state index in [1.807, 2.05) is 0 Å². The van der Waals surface area contributed by atoms with E-state index in [1.165, 1.54) is 6.07 Å².